The van der Waals surface area contributed by atoms with Gasteiger partial charge in [0, 0.05) is 11.3 Å². The first-order valence-electron chi connectivity index (χ1n) is 7.32. The SMILES string of the molecule is CC.CC(C)=N.Cc1cccc(C2(N)CCCC2)c1. The van der Waals surface area contributed by atoms with E-state index in [0.717, 1.165) is 12.8 Å². The van der Waals surface area contributed by atoms with E-state index >= 15 is 0 Å². The molecule has 1 fully saturated rings. The lowest BCUT2D eigenvalue weighted by molar-refractivity contribution is 0.461. The molecule has 108 valence electrons. The number of hydrogen-bond acceptors (Lipinski definition) is 2. The number of nitrogens with one attached hydrogen (secondary N) is 1. The van der Waals surface area contributed by atoms with Crippen LogP contribution in [-0.2, 0) is 5.54 Å². The fraction of sp³-hybridized carbons (Fsp3) is 0.588. The van der Waals surface area contributed by atoms with E-state index in [4.69, 9.17) is 11.1 Å². The summed E-state index contributed by atoms with van der Waals surface area (Å²) in [7, 11) is 0. The summed E-state index contributed by atoms with van der Waals surface area (Å²) in [5.41, 5.74) is 9.63. The van der Waals surface area contributed by atoms with Crippen LogP contribution >= 0.6 is 0 Å². The van der Waals surface area contributed by atoms with Gasteiger partial charge in [0.25, 0.3) is 0 Å². The molecule has 0 bridgehead atoms. The summed E-state index contributed by atoms with van der Waals surface area (Å²) in [5, 5.41) is 6.50. The molecular formula is C17H30N2. The molecule has 0 spiro atoms. The van der Waals surface area contributed by atoms with Crippen LogP contribution in [0.25, 0.3) is 0 Å². The van der Waals surface area contributed by atoms with Gasteiger partial charge in [0.05, 0.1) is 0 Å². The third-order valence-corrected chi connectivity index (χ3v) is 3.09. The average Bonchev–Trinajstić information content (AvgIpc) is 2.79. The second kappa shape index (κ2) is 8.87. The van der Waals surface area contributed by atoms with Gasteiger partial charge in [0.15, 0.2) is 0 Å². The normalized spacial score (nSPS) is 15.7. The second-order valence-electron chi connectivity index (χ2n) is 5.23. The monoisotopic (exact) mass is 262 g/mol. The summed E-state index contributed by atoms with van der Waals surface area (Å²) < 4.78 is 0. The van der Waals surface area contributed by atoms with Gasteiger partial charge >= 0.3 is 0 Å². The Kier molecular flexibility index (Phi) is 8.33. The molecule has 0 saturated heterocycles. The largest absolute Gasteiger partial charge is 0.321 e. The van der Waals surface area contributed by atoms with Crippen LogP contribution in [0.5, 0.6) is 0 Å². The Balaban J connectivity index is 0.000000467. The summed E-state index contributed by atoms with van der Waals surface area (Å²) in [4.78, 5) is 0. The smallest absolute Gasteiger partial charge is 0.0409 e. The van der Waals surface area contributed by atoms with Gasteiger partial charge in [-0.25, -0.2) is 0 Å². The van der Waals surface area contributed by atoms with Crippen molar-refractivity contribution in [2.75, 3.05) is 0 Å². The van der Waals surface area contributed by atoms with Crippen molar-refractivity contribution in [2.45, 2.75) is 65.8 Å². The highest BCUT2D eigenvalue weighted by molar-refractivity contribution is 5.75. The molecule has 2 heteroatoms. The Morgan fingerprint density at radius 1 is 1.16 bits per heavy atom. The number of hydrogen-bond donors (Lipinski definition) is 2. The number of benzene rings is 1. The van der Waals surface area contributed by atoms with Crippen molar-refractivity contribution < 1.29 is 0 Å². The van der Waals surface area contributed by atoms with E-state index in [2.05, 4.69) is 31.2 Å². The van der Waals surface area contributed by atoms with Crippen molar-refractivity contribution in [1.29, 1.82) is 5.41 Å². The highest BCUT2D eigenvalue weighted by Crippen LogP contribution is 2.36. The Labute approximate surface area is 118 Å². The lowest BCUT2D eigenvalue weighted by Crippen LogP contribution is -2.32. The highest BCUT2D eigenvalue weighted by atomic mass is 14.8. The minimum absolute atomic E-state index is 0.0218. The van der Waals surface area contributed by atoms with Crippen molar-refractivity contribution >= 4 is 5.71 Å². The van der Waals surface area contributed by atoms with Crippen LogP contribution in [0.2, 0.25) is 0 Å². The van der Waals surface area contributed by atoms with Gasteiger partial charge in [-0.1, -0.05) is 56.5 Å². The van der Waals surface area contributed by atoms with Gasteiger partial charge in [-0.05, 0) is 39.2 Å². The fourth-order valence-corrected chi connectivity index (χ4v) is 2.25. The maximum Gasteiger partial charge on any atom is 0.0409 e. The summed E-state index contributed by atoms with van der Waals surface area (Å²) in [6, 6.07) is 8.63. The van der Waals surface area contributed by atoms with E-state index in [1.807, 2.05) is 13.8 Å². The Hall–Kier alpha value is -1.15. The zero-order valence-electron chi connectivity index (χ0n) is 13.2. The lowest BCUT2D eigenvalue weighted by Gasteiger charge is -2.24. The molecule has 0 radical (unpaired) electrons. The average molecular weight is 262 g/mol. The minimum Gasteiger partial charge on any atom is -0.321 e. The van der Waals surface area contributed by atoms with Crippen LogP contribution in [0, 0.1) is 12.3 Å². The molecule has 1 aromatic rings. The van der Waals surface area contributed by atoms with Gasteiger partial charge in [0.1, 0.15) is 0 Å². The Bertz CT molecular complexity index is 373. The standard InChI is InChI=1S/C12H17N.C3H7N.C2H6/c1-10-5-4-6-11(9-10)12(13)7-2-3-8-12;1-3(2)4;1-2/h4-6,9H,2-3,7-8,13H2,1H3;4H,1-2H3;1-2H3. The number of aryl methyl sites for hydroxylation is 1. The van der Waals surface area contributed by atoms with Gasteiger partial charge < -0.3 is 11.1 Å². The highest BCUT2D eigenvalue weighted by Gasteiger charge is 2.30. The molecule has 2 rings (SSSR count). The zero-order chi connectivity index (χ0) is 14.9. The number of nitrogens with two attached hydrogens (primary N) is 1. The third kappa shape index (κ3) is 6.53. The summed E-state index contributed by atoms with van der Waals surface area (Å²) >= 11 is 0. The Morgan fingerprint density at radius 3 is 2.05 bits per heavy atom. The first kappa shape index (κ1) is 17.8. The molecule has 0 aromatic heterocycles. The first-order chi connectivity index (χ1) is 8.94. The molecule has 1 aliphatic rings. The zero-order valence-corrected chi connectivity index (χ0v) is 13.2. The molecule has 19 heavy (non-hydrogen) atoms. The molecule has 0 aliphatic heterocycles. The second-order valence-corrected chi connectivity index (χ2v) is 5.23. The van der Waals surface area contributed by atoms with Gasteiger partial charge in [-0.3, -0.25) is 0 Å². The van der Waals surface area contributed by atoms with Crippen LogP contribution in [0.1, 0.15) is 64.5 Å². The van der Waals surface area contributed by atoms with Crippen molar-refractivity contribution in [1.82, 2.24) is 0 Å². The van der Waals surface area contributed by atoms with Crippen LogP contribution in [-0.4, -0.2) is 5.71 Å². The van der Waals surface area contributed by atoms with E-state index in [-0.39, 0.29) is 5.54 Å². The predicted octanol–water partition coefficient (Wildman–Crippen LogP) is 4.80. The summed E-state index contributed by atoms with van der Waals surface area (Å²) in [5.74, 6) is 0. The fourth-order valence-electron chi connectivity index (χ4n) is 2.25. The molecular weight excluding hydrogens is 232 g/mol. The quantitative estimate of drug-likeness (QED) is 0.702. The number of rotatable bonds is 1. The lowest BCUT2D eigenvalue weighted by atomic mass is 9.89. The molecule has 0 amide bonds. The topological polar surface area (TPSA) is 49.9 Å². The van der Waals surface area contributed by atoms with E-state index in [0.29, 0.717) is 5.71 Å². The van der Waals surface area contributed by atoms with Crippen molar-refractivity contribution in [3.8, 4) is 0 Å². The maximum atomic E-state index is 6.50. The molecule has 1 aliphatic carbocycles. The Morgan fingerprint density at radius 2 is 1.63 bits per heavy atom. The third-order valence-electron chi connectivity index (χ3n) is 3.09. The van der Waals surface area contributed by atoms with Crippen LogP contribution in [0.4, 0.5) is 0 Å². The van der Waals surface area contributed by atoms with E-state index in [1.54, 1.807) is 13.8 Å². The van der Waals surface area contributed by atoms with E-state index in [9.17, 15) is 0 Å². The van der Waals surface area contributed by atoms with E-state index < -0.39 is 0 Å². The molecule has 0 atom stereocenters. The van der Waals surface area contributed by atoms with Gasteiger partial charge in [0.2, 0.25) is 0 Å². The van der Waals surface area contributed by atoms with Crippen LogP contribution in [0.15, 0.2) is 24.3 Å². The van der Waals surface area contributed by atoms with Crippen LogP contribution < -0.4 is 5.73 Å². The first-order valence-corrected chi connectivity index (χ1v) is 7.32. The maximum absolute atomic E-state index is 6.50. The summed E-state index contributed by atoms with van der Waals surface area (Å²) in [6.45, 7) is 9.63. The molecule has 0 unspecified atom stereocenters. The predicted molar refractivity (Wildman–Crippen MR) is 85.9 cm³/mol. The summed E-state index contributed by atoms with van der Waals surface area (Å²) in [6.07, 6.45) is 4.86. The molecule has 0 heterocycles. The van der Waals surface area contributed by atoms with E-state index in [1.165, 1.54) is 24.0 Å². The molecule has 3 N–H and O–H groups in total. The van der Waals surface area contributed by atoms with Crippen LogP contribution in [0.3, 0.4) is 0 Å². The van der Waals surface area contributed by atoms with Crippen molar-refractivity contribution in [3.05, 3.63) is 35.4 Å². The molecule has 1 aromatic carbocycles. The molecule has 1 saturated carbocycles. The van der Waals surface area contributed by atoms with Gasteiger partial charge in [-0.2, -0.15) is 0 Å². The van der Waals surface area contributed by atoms with Crippen molar-refractivity contribution in [2.24, 2.45) is 5.73 Å². The van der Waals surface area contributed by atoms with Crippen molar-refractivity contribution in [3.63, 3.8) is 0 Å². The van der Waals surface area contributed by atoms with Gasteiger partial charge in [-0.15, -0.1) is 0 Å². The molecule has 2 nitrogen and oxygen atoms in total. The minimum atomic E-state index is -0.0218.